The predicted octanol–water partition coefficient (Wildman–Crippen LogP) is 3.00. The minimum absolute atomic E-state index is 0.0153. The Kier molecular flexibility index (Phi) is 6.29. The van der Waals surface area contributed by atoms with Crippen molar-refractivity contribution in [2.75, 3.05) is 32.7 Å². The number of amides is 2. The second-order valence-electron chi connectivity index (χ2n) is 7.18. The molecule has 0 radical (unpaired) electrons. The van der Waals surface area contributed by atoms with Gasteiger partial charge in [-0.3, -0.25) is 14.5 Å². The van der Waals surface area contributed by atoms with E-state index in [1.165, 1.54) is 22.5 Å². The number of rotatable bonds is 5. The lowest BCUT2D eigenvalue weighted by Gasteiger charge is -2.34. The molecule has 1 atom stereocenters. The number of nitrogens with one attached hydrogen (secondary N) is 1. The summed E-state index contributed by atoms with van der Waals surface area (Å²) in [6.07, 6.45) is 0. The molecule has 1 aliphatic heterocycles. The topological polar surface area (TPSA) is 52.7 Å². The molecular formula is C21H27N3O2S. The van der Waals surface area contributed by atoms with Crippen molar-refractivity contribution < 1.29 is 9.59 Å². The summed E-state index contributed by atoms with van der Waals surface area (Å²) in [5.74, 6) is 0.122. The molecule has 144 valence electrons. The van der Waals surface area contributed by atoms with Gasteiger partial charge in [0.25, 0.3) is 5.91 Å². The third kappa shape index (κ3) is 4.96. The summed E-state index contributed by atoms with van der Waals surface area (Å²) in [4.78, 5) is 29.6. The molecule has 0 spiro atoms. The van der Waals surface area contributed by atoms with E-state index in [-0.39, 0.29) is 17.9 Å². The van der Waals surface area contributed by atoms with E-state index in [1.54, 1.807) is 0 Å². The Morgan fingerprint density at radius 1 is 1.11 bits per heavy atom. The molecule has 0 bridgehead atoms. The van der Waals surface area contributed by atoms with Crippen LogP contribution in [0.2, 0.25) is 0 Å². The monoisotopic (exact) mass is 385 g/mol. The molecule has 3 rings (SSSR count). The fourth-order valence-electron chi connectivity index (χ4n) is 3.27. The maximum atomic E-state index is 12.4. The molecule has 2 aromatic rings. The number of nitrogens with zero attached hydrogens (tertiary/aromatic N) is 2. The first kappa shape index (κ1) is 19.6. The van der Waals surface area contributed by atoms with Crippen LogP contribution in [0.25, 0.3) is 0 Å². The van der Waals surface area contributed by atoms with Gasteiger partial charge in [-0.05, 0) is 48.9 Å². The fraction of sp³-hybridized carbons (Fsp3) is 0.429. The maximum Gasteiger partial charge on any atom is 0.264 e. The molecule has 27 heavy (non-hydrogen) atoms. The van der Waals surface area contributed by atoms with Gasteiger partial charge in [0.15, 0.2) is 0 Å². The van der Waals surface area contributed by atoms with Crippen molar-refractivity contribution in [2.24, 2.45) is 0 Å². The predicted molar refractivity (Wildman–Crippen MR) is 109 cm³/mol. The molecule has 1 aromatic carbocycles. The minimum atomic E-state index is -0.0153. The Balaban J connectivity index is 1.46. The number of hydrogen-bond donors (Lipinski definition) is 1. The van der Waals surface area contributed by atoms with Gasteiger partial charge >= 0.3 is 0 Å². The molecule has 6 heteroatoms. The summed E-state index contributed by atoms with van der Waals surface area (Å²) >= 11 is 1.47. The van der Waals surface area contributed by atoms with Crippen molar-refractivity contribution in [3.05, 3.63) is 57.3 Å². The smallest absolute Gasteiger partial charge is 0.264 e. The highest BCUT2D eigenvalue weighted by Crippen LogP contribution is 2.17. The first-order valence-electron chi connectivity index (χ1n) is 9.35. The van der Waals surface area contributed by atoms with Crippen LogP contribution in [0.5, 0.6) is 0 Å². The van der Waals surface area contributed by atoms with Crippen LogP contribution in [-0.4, -0.2) is 54.3 Å². The van der Waals surface area contributed by atoms with Gasteiger partial charge in [-0.1, -0.05) is 24.3 Å². The molecular weight excluding hydrogens is 358 g/mol. The lowest BCUT2D eigenvalue weighted by molar-refractivity contribution is -0.123. The van der Waals surface area contributed by atoms with E-state index >= 15 is 0 Å². The molecule has 1 aromatic heterocycles. The molecule has 1 aliphatic rings. The van der Waals surface area contributed by atoms with Crippen LogP contribution in [-0.2, 0) is 4.79 Å². The Morgan fingerprint density at radius 3 is 2.48 bits per heavy atom. The van der Waals surface area contributed by atoms with Crippen LogP contribution in [0.4, 0.5) is 0 Å². The van der Waals surface area contributed by atoms with Gasteiger partial charge in [-0.25, -0.2) is 0 Å². The van der Waals surface area contributed by atoms with Crippen molar-refractivity contribution in [1.29, 1.82) is 0 Å². The summed E-state index contributed by atoms with van der Waals surface area (Å²) in [7, 11) is 0. The van der Waals surface area contributed by atoms with Crippen molar-refractivity contribution in [3.63, 3.8) is 0 Å². The van der Waals surface area contributed by atoms with Gasteiger partial charge in [0.1, 0.15) is 0 Å². The van der Waals surface area contributed by atoms with Crippen molar-refractivity contribution >= 4 is 23.2 Å². The molecule has 1 unspecified atom stereocenters. The Morgan fingerprint density at radius 2 is 1.85 bits per heavy atom. The molecule has 1 N–H and O–H groups in total. The summed E-state index contributed by atoms with van der Waals surface area (Å²) in [6, 6.07) is 10.0. The highest BCUT2D eigenvalue weighted by atomic mass is 32.1. The first-order chi connectivity index (χ1) is 12.9. The van der Waals surface area contributed by atoms with Crippen LogP contribution in [0.1, 0.15) is 39.3 Å². The average molecular weight is 386 g/mol. The zero-order valence-electron chi connectivity index (χ0n) is 16.2. The third-order valence-electron chi connectivity index (χ3n) is 5.17. The summed E-state index contributed by atoms with van der Waals surface area (Å²) in [6.45, 7) is 9.34. The van der Waals surface area contributed by atoms with Crippen molar-refractivity contribution in [2.45, 2.75) is 26.8 Å². The third-order valence-corrected chi connectivity index (χ3v) is 6.02. The Bertz CT molecular complexity index is 796. The standard InChI is InChI=1S/C21H27N3O2S/c1-15-6-7-18(13-16(15)2)17(3)22-20(25)14-23-8-10-24(11-9-23)21(26)19-5-4-12-27-19/h4-7,12-13,17H,8-11,14H2,1-3H3,(H,22,25). The van der Waals surface area contributed by atoms with Gasteiger partial charge in [0, 0.05) is 26.2 Å². The number of thiophene rings is 1. The molecule has 2 heterocycles. The average Bonchev–Trinajstić information content (AvgIpc) is 3.18. The first-order valence-corrected chi connectivity index (χ1v) is 10.2. The quantitative estimate of drug-likeness (QED) is 0.861. The van der Waals surface area contributed by atoms with Crippen molar-refractivity contribution in [1.82, 2.24) is 15.1 Å². The van der Waals surface area contributed by atoms with Gasteiger partial charge in [-0.2, -0.15) is 0 Å². The van der Waals surface area contributed by atoms with Crippen LogP contribution >= 0.6 is 11.3 Å². The Labute approximate surface area is 165 Å². The Hall–Kier alpha value is -2.18. The zero-order chi connectivity index (χ0) is 19.4. The number of carbonyl (C=O) groups is 2. The van der Waals surface area contributed by atoms with Crippen LogP contribution in [0.3, 0.4) is 0 Å². The maximum absolute atomic E-state index is 12.4. The molecule has 5 nitrogen and oxygen atoms in total. The van der Waals surface area contributed by atoms with Crippen LogP contribution < -0.4 is 5.32 Å². The lowest BCUT2D eigenvalue weighted by atomic mass is 10.0. The number of piperazine rings is 1. The largest absolute Gasteiger partial charge is 0.348 e. The SMILES string of the molecule is Cc1ccc(C(C)NC(=O)CN2CCN(C(=O)c3cccs3)CC2)cc1C. The van der Waals surface area contributed by atoms with Gasteiger partial charge in [-0.15, -0.1) is 11.3 Å². The van der Waals surface area contributed by atoms with Crippen LogP contribution in [0, 0.1) is 13.8 Å². The van der Waals surface area contributed by atoms with Gasteiger partial charge in [0.2, 0.25) is 5.91 Å². The fourth-order valence-corrected chi connectivity index (χ4v) is 3.96. The van der Waals surface area contributed by atoms with Gasteiger partial charge in [0.05, 0.1) is 17.5 Å². The molecule has 2 amide bonds. The van der Waals surface area contributed by atoms with E-state index in [0.717, 1.165) is 23.5 Å². The second-order valence-corrected chi connectivity index (χ2v) is 8.13. The van der Waals surface area contributed by atoms with E-state index in [9.17, 15) is 9.59 Å². The van der Waals surface area contributed by atoms with E-state index in [4.69, 9.17) is 0 Å². The number of carbonyl (C=O) groups excluding carboxylic acids is 2. The van der Waals surface area contributed by atoms with E-state index in [0.29, 0.717) is 19.6 Å². The molecule has 1 fully saturated rings. The van der Waals surface area contributed by atoms with Gasteiger partial charge < -0.3 is 10.2 Å². The van der Waals surface area contributed by atoms with Crippen molar-refractivity contribution in [3.8, 4) is 0 Å². The normalized spacial score (nSPS) is 16.2. The highest BCUT2D eigenvalue weighted by Gasteiger charge is 2.24. The van der Waals surface area contributed by atoms with E-state index in [2.05, 4.69) is 42.3 Å². The zero-order valence-corrected chi connectivity index (χ0v) is 17.0. The van der Waals surface area contributed by atoms with E-state index < -0.39 is 0 Å². The minimum Gasteiger partial charge on any atom is -0.348 e. The van der Waals surface area contributed by atoms with E-state index in [1.807, 2.05) is 29.3 Å². The summed E-state index contributed by atoms with van der Waals surface area (Å²) < 4.78 is 0. The number of hydrogen-bond acceptors (Lipinski definition) is 4. The summed E-state index contributed by atoms with van der Waals surface area (Å²) in [5.41, 5.74) is 3.62. The lowest BCUT2D eigenvalue weighted by Crippen LogP contribution is -2.51. The highest BCUT2D eigenvalue weighted by molar-refractivity contribution is 7.12. The molecule has 0 aliphatic carbocycles. The van der Waals surface area contributed by atoms with Crippen LogP contribution in [0.15, 0.2) is 35.7 Å². The number of aryl methyl sites for hydroxylation is 2. The summed E-state index contributed by atoms with van der Waals surface area (Å²) in [5, 5.41) is 5.01. The second kappa shape index (κ2) is 8.67. The number of benzene rings is 1. The molecule has 1 saturated heterocycles. The molecule has 0 saturated carbocycles.